The molecular weight excluding hydrogens is 192 g/mol. The van der Waals surface area contributed by atoms with E-state index in [4.69, 9.17) is 10.5 Å². The van der Waals surface area contributed by atoms with E-state index in [0.29, 0.717) is 6.54 Å². The lowest BCUT2D eigenvalue weighted by Crippen LogP contribution is -2.41. The molecule has 15 heavy (non-hydrogen) atoms. The second-order valence-electron chi connectivity index (χ2n) is 5.78. The Morgan fingerprint density at radius 1 is 1.47 bits per heavy atom. The van der Waals surface area contributed by atoms with Crippen LogP contribution in [0.4, 0.5) is 4.79 Å². The van der Waals surface area contributed by atoms with E-state index in [-0.39, 0.29) is 17.7 Å². The number of carbonyl (C=O) groups excluding carboxylic acids is 1. The number of nitrogens with two attached hydrogens (primary N) is 1. The molecule has 1 aliphatic carbocycles. The Bertz CT molecular complexity index is 279. The number of carbonyl (C=O) groups is 1. The number of nitrogens with zero attached hydrogens (tertiary/aromatic N) is 1. The Morgan fingerprint density at radius 3 is 2.53 bits per heavy atom. The Labute approximate surface area is 90.8 Å². The van der Waals surface area contributed by atoms with Crippen LogP contribution in [0.5, 0.6) is 0 Å². The molecule has 2 fully saturated rings. The fraction of sp³-hybridized carbons (Fsp3) is 0.909. The minimum atomic E-state index is -0.417. The minimum absolute atomic E-state index is 0.0573. The zero-order chi connectivity index (χ0) is 11.3. The summed E-state index contributed by atoms with van der Waals surface area (Å²) < 4.78 is 5.38. The van der Waals surface area contributed by atoms with Gasteiger partial charge in [0.05, 0.1) is 0 Å². The monoisotopic (exact) mass is 212 g/mol. The molecule has 0 bridgehead atoms. The van der Waals surface area contributed by atoms with Crippen LogP contribution in [-0.2, 0) is 4.74 Å². The molecule has 1 amide bonds. The molecule has 2 rings (SSSR count). The number of likely N-dealkylation sites (tertiary alicyclic amines) is 1. The van der Waals surface area contributed by atoms with Gasteiger partial charge in [0.25, 0.3) is 0 Å². The van der Waals surface area contributed by atoms with Gasteiger partial charge < -0.3 is 15.4 Å². The van der Waals surface area contributed by atoms with E-state index in [0.717, 1.165) is 19.3 Å². The lowest BCUT2D eigenvalue weighted by Gasteiger charge is -2.28. The maximum atomic E-state index is 11.9. The van der Waals surface area contributed by atoms with Crippen LogP contribution in [-0.4, -0.2) is 34.7 Å². The maximum Gasteiger partial charge on any atom is 0.410 e. The first-order chi connectivity index (χ1) is 6.82. The van der Waals surface area contributed by atoms with Crippen LogP contribution in [0.15, 0.2) is 0 Å². The molecule has 1 atom stereocenters. The molecule has 1 spiro atoms. The summed E-state index contributed by atoms with van der Waals surface area (Å²) in [6.45, 7) is 6.32. The summed E-state index contributed by atoms with van der Waals surface area (Å²) >= 11 is 0. The van der Waals surface area contributed by atoms with Crippen molar-refractivity contribution in [2.45, 2.75) is 57.2 Å². The highest BCUT2D eigenvalue weighted by Gasteiger charge is 2.56. The third-order valence-corrected chi connectivity index (χ3v) is 3.07. The van der Waals surface area contributed by atoms with Gasteiger partial charge >= 0.3 is 6.09 Å². The fourth-order valence-electron chi connectivity index (χ4n) is 2.29. The first-order valence-corrected chi connectivity index (χ1v) is 5.59. The predicted octanol–water partition coefficient (Wildman–Crippen LogP) is 1.49. The molecule has 1 aliphatic heterocycles. The third-order valence-electron chi connectivity index (χ3n) is 3.07. The van der Waals surface area contributed by atoms with Gasteiger partial charge in [0.15, 0.2) is 0 Å². The molecule has 1 heterocycles. The van der Waals surface area contributed by atoms with E-state index in [1.807, 2.05) is 25.7 Å². The van der Waals surface area contributed by atoms with Crippen molar-refractivity contribution in [3.63, 3.8) is 0 Å². The van der Waals surface area contributed by atoms with Gasteiger partial charge in [-0.1, -0.05) is 0 Å². The van der Waals surface area contributed by atoms with Crippen molar-refractivity contribution in [2.24, 2.45) is 5.73 Å². The summed E-state index contributed by atoms with van der Waals surface area (Å²) in [6, 6.07) is 0.125. The van der Waals surface area contributed by atoms with E-state index in [1.165, 1.54) is 0 Å². The first kappa shape index (κ1) is 10.7. The first-order valence-electron chi connectivity index (χ1n) is 5.59. The molecule has 4 nitrogen and oxygen atoms in total. The number of hydrogen-bond acceptors (Lipinski definition) is 3. The number of ether oxygens (including phenoxy) is 1. The third kappa shape index (κ3) is 2.09. The molecule has 0 unspecified atom stereocenters. The van der Waals surface area contributed by atoms with Crippen LogP contribution >= 0.6 is 0 Å². The second kappa shape index (κ2) is 3.11. The Kier molecular flexibility index (Phi) is 2.23. The smallest absolute Gasteiger partial charge is 0.410 e. The summed E-state index contributed by atoms with van der Waals surface area (Å²) in [7, 11) is 0. The van der Waals surface area contributed by atoms with Gasteiger partial charge in [-0.15, -0.1) is 0 Å². The molecule has 1 saturated carbocycles. The van der Waals surface area contributed by atoms with E-state index in [2.05, 4.69) is 0 Å². The average Bonchev–Trinajstić information content (AvgIpc) is 2.68. The van der Waals surface area contributed by atoms with Gasteiger partial charge in [-0.25, -0.2) is 4.79 Å². The summed E-state index contributed by atoms with van der Waals surface area (Å²) in [5.74, 6) is 0. The SMILES string of the molecule is CC(C)(C)OC(=O)N1C[C@@H](N)CC12CC2. The van der Waals surface area contributed by atoms with Crippen LogP contribution in [0.2, 0.25) is 0 Å². The van der Waals surface area contributed by atoms with Gasteiger partial charge in [-0.05, 0) is 40.0 Å². The summed E-state index contributed by atoms with van der Waals surface area (Å²) in [4.78, 5) is 13.7. The topological polar surface area (TPSA) is 55.6 Å². The predicted molar refractivity (Wildman–Crippen MR) is 57.5 cm³/mol. The van der Waals surface area contributed by atoms with E-state index < -0.39 is 5.60 Å². The van der Waals surface area contributed by atoms with Crippen LogP contribution in [0.3, 0.4) is 0 Å². The number of amides is 1. The molecule has 1 saturated heterocycles. The van der Waals surface area contributed by atoms with Crippen molar-refractivity contribution in [3.05, 3.63) is 0 Å². The van der Waals surface area contributed by atoms with Crippen molar-refractivity contribution >= 4 is 6.09 Å². The Hall–Kier alpha value is -0.770. The average molecular weight is 212 g/mol. The van der Waals surface area contributed by atoms with Gasteiger partial charge in [0, 0.05) is 18.1 Å². The molecule has 0 aromatic carbocycles. The van der Waals surface area contributed by atoms with Gasteiger partial charge in [0.1, 0.15) is 5.60 Å². The Balaban J connectivity index is 2.02. The minimum Gasteiger partial charge on any atom is -0.444 e. The molecule has 4 heteroatoms. The van der Waals surface area contributed by atoms with E-state index >= 15 is 0 Å². The maximum absolute atomic E-state index is 11.9. The highest BCUT2D eigenvalue weighted by atomic mass is 16.6. The van der Waals surface area contributed by atoms with Crippen LogP contribution in [0, 0.1) is 0 Å². The number of hydrogen-bond donors (Lipinski definition) is 1. The zero-order valence-corrected chi connectivity index (χ0v) is 9.75. The highest BCUT2D eigenvalue weighted by Crippen LogP contribution is 2.49. The van der Waals surface area contributed by atoms with Crippen molar-refractivity contribution in [3.8, 4) is 0 Å². The molecule has 2 N–H and O–H groups in total. The van der Waals surface area contributed by atoms with Crippen molar-refractivity contribution in [1.82, 2.24) is 4.90 Å². The highest BCUT2D eigenvalue weighted by molar-refractivity contribution is 5.70. The van der Waals surface area contributed by atoms with Crippen molar-refractivity contribution < 1.29 is 9.53 Å². The van der Waals surface area contributed by atoms with E-state index in [1.54, 1.807) is 0 Å². The number of rotatable bonds is 0. The molecular formula is C11H20N2O2. The zero-order valence-electron chi connectivity index (χ0n) is 9.75. The van der Waals surface area contributed by atoms with Gasteiger partial charge in [-0.2, -0.15) is 0 Å². The standard InChI is InChI=1S/C11H20N2O2/c1-10(2,3)15-9(14)13-7-8(12)6-11(13)4-5-11/h8H,4-7,12H2,1-3H3/t8-/m0/s1. The van der Waals surface area contributed by atoms with Gasteiger partial charge in [0.2, 0.25) is 0 Å². The van der Waals surface area contributed by atoms with E-state index in [9.17, 15) is 4.79 Å². The Morgan fingerprint density at radius 2 is 2.07 bits per heavy atom. The molecule has 86 valence electrons. The summed E-state index contributed by atoms with van der Waals surface area (Å²) in [5.41, 5.74) is 5.53. The van der Waals surface area contributed by atoms with Crippen molar-refractivity contribution in [2.75, 3.05) is 6.54 Å². The fourth-order valence-corrected chi connectivity index (χ4v) is 2.29. The van der Waals surface area contributed by atoms with Crippen LogP contribution in [0.1, 0.15) is 40.0 Å². The lowest BCUT2D eigenvalue weighted by molar-refractivity contribution is 0.0202. The molecule has 0 radical (unpaired) electrons. The van der Waals surface area contributed by atoms with Crippen molar-refractivity contribution in [1.29, 1.82) is 0 Å². The van der Waals surface area contributed by atoms with Crippen LogP contribution < -0.4 is 5.73 Å². The normalized spacial score (nSPS) is 28.3. The summed E-state index contributed by atoms with van der Waals surface area (Å²) in [6.07, 6.45) is 2.90. The summed E-state index contributed by atoms with van der Waals surface area (Å²) in [5, 5.41) is 0. The molecule has 0 aromatic rings. The largest absolute Gasteiger partial charge is 0.444 e. The van der Waals surface area contributed by atoms with Gasteiger partial charge in [-0.3, -0.25) is 0 Å². The van der Waals surface area contributed by atoms with Crippen LogP contribution in [0.25, 0.3) is 0 Å². The lowest BCUT2D eigenvalue weighted by atomic mass is 10.1. The quantitative estimate of drug-likeness (QED) is 0.662. The molecule has 2 aliphatic rings. The molecule has 0 aromatic heterocycles. The second-order valence-corrected chi connectivity index (χ2v) is 5.78.